The van der Waals surface area contributed by atoms with E-state index in [-0.39, 0.29) is 5.54 Å². The quantitative estimate of drug-likeness (QED) is 0.731. The number of nitrogens with two attached hydrogens (primary N) is 1. The van der Waals surface area contributed by atoms with Crippen LogP contribution in [0.15, 0.2) is 0 Å². The van der Waals surface area contributed by atoms with Gasteiger partial charge < -0.3 is 15.8 Å². The van der Waals surface area contributed by atoms with E-state index in [4.69, 9.17) is 10.5 Å². The topological polar surface area (TPSA) is 47.3 Å². The molecule has 0 aliphatic heterocycles. The van der Waals surface area contributed by atoms with Gasteiger partial charge in [-0.2, -0.15) is 0 Å². The van der Waals surface area contributed by atoms with Crippen molar-refractivity contribution in [1.29, 1.82) is 0 Å². The number of ether oxygens (including phenoxy) is 1. The molecule has 0 heterocycles. The molecule has 3 unspecified atom stereocenters. The maximum Gasteiger partial charge on any atom is 0.0589 e. The van der Waals surface area contributed by atoms with Gasteiger partial charge in [-0.1, -0.05) is 6.92 Å². The molecular formula is C12H26N2O. The highest BCUT2D eigenvalue weighted by molar-refractivity contribution is 4.96. The molecule has 0 radical (unpaired) electrons. The molecule has 1 fully saturated rings. The molecule has 1 aliphatic carbocycles. The Morgan fingerprint density at radius 2 is 2.33 bits per heavy atom. The fraction of sp³-hybridized carbons (Fsp3) is 1.00. The fourth-order valence-corrected chi connectivity index (χ4v) is 2.51. The SMILES string of the molecule is CCC(C)NC1(CN)CCCC(OC)C1. The standard InChI is InChI=1S/C12H26N2O/c1-4-10(2)14-12(9-13)7-5-6-11(8-12)15-3/h10-11,14H,4-9,13H2,1-3H3. The molecule has 1 rings (SSSR count). The van der Waals surface area contributed by atoms with Gasteiger partial charge in [0.2, 0.25) is 0 Å². The molecule has 90 valence electrons. The Hall–Kier alpha value is -0.120. The molecule has 0 aromatic rings. The Kier molecular flexibility index (Phi) is 5.03. The smallest absolute Gasteiger partial charge is 0.0589 e. The lowest BCUT2D eigenvalue weighted by Crippen LogP contribution is -2.57. The van der Waals surface area contributed by atoms with Crippen molar-refractivity contribution in [2.75, 3.05) is 13.7 Å². The average Bonchev–Trinajstić information content (AvgIpc) is 2.29. The van der Waals surface area contributed by atoms with Gasteiger partial charge in [0.1, 0.15) is 0 Å². The lowest BCUT2D eigenvalue weighted by atomic mass is 9.79. The van der Waals surface area contributed by atoms with E-state index in [1.807, 2.05) is 0 Å². The van der Waals surface area contributed by atoms with Crippen LogP contribution in [0.5, 0.6) is 0 Å². The van der Waals surface area contributed by atoms with Crippen LogP contribution in [0.2, 0.25) is 0 Å². The Labute approximate surface area is 93.8 Å². The molecule has 0 bridgehead atoms. The maximum absolute atomic E-state index is 5.94. The molecule has 3 N–H and O–H groups in total. The minimum Gasteiger partial charge on any atom is -0.381 e. The van der Waals surface area contributed by atoms with Gasteiger partial charge in [0.05, 0.1) is 6.10 Å². The van der Waals surface area contributed by atoms with E-state index in [1.165, 1.54) is 19.3 Å². The van der Waals surface area contributed by atoms with Crippen LogP contribution in [0.4, 0.5) is 0 Å². The van der Waals surface area contributed by atoms with E-state index in [9.17, 15) is 0 Å². The zero-order chi connectivity index (χ0) is 11.3. The average molecular weight is 214 g/mol. The Morgan fingerprint density at radius 3 is 2.87 bits per heavy atom. The second-order valence-electron chi connectivity index (χ2n) is 4.89. The van der Waals surface area contributed by atoms with E-state index in [0.717, 1.165) is 19.4 Å². The predicted molar refractivity (Wildman–Crippen MR) is 63.9 cm³/mol. The lowest BCUT2D eigenvalue weighted by Gasteiger charge is -2.42. The van der Waals surface area contributed by atoms with Gasteiger partial charge in [-0.25, -0.2) is 0 Å². The van der Waals surface area contributed by atoms with Crippen LogP contribution in [0.25, 0.3) is 0 Å². The summed E-state index contributed by atoms with van der Waals surface area (Å²) in [6, 6.07) is 0.546. The van der Waals surface area contributed by atoms with Crippen LogP contribution in [-0.4, -0.2) is 31.3 Å². The minimum absolute atomic E-state index is 0.119. The van der Waals surface area contributed by atoms with Crippen LogP contribution in [-0.2, 0) is 4.74 Å². The van der Waals surface area contributed by atoms with Crippen LogP contribution in [0.1, 0.15) is 46.0 Å². The molecule has 15 heavy (non-hydrogen) atoms. The molecule has 3 nitrogen and oxygen atoms in total. The highest BCUT2D eigenvalue weighted by Gasteiger charge is 2.35. The largest absolute Gasteiger partial charge is 0.381 e. The van der Waals surface area contributed by atoms with Crippen molar-refractivity contribution in [1.82, 2.24) is 5.32 Å². The van der Waals surface area contributed by atoms with Gasteiger partial charge in [-0.15, -0.1) is 0 Å². The third kappa shape index (κ3) is 3.44. The molecule has 0 aromatic carbocycles. The Bertz CT molecular complexity index is 182. The summed E-state index contributed by atoms with van der Waals surface area (Å²) in [5.41, 5.74) is 6.06. The van der Waals surface area contributed by atoms with Gasteiger partial charge in [0.15, 0.2) is 0 Å². The van der Waals surface area contributed by atoms with Crippen molar-refractivity contribution in [3.63, 3.8) is 0 Å². The summed E-state index contributed by atoms with van der Waals surface area (Å²) in [7, 11) is 1.81. The van der Waals surface area contributed by atoms with Gasteiger partial charge in [-0.3, -0.25) is 0 Å². The highest BCUT2D eigenvalue weighted by Crippen LogP contribution is 2.29. The van der Waals surface area contributed by atoms with Crippen molar-refractivity contribution in [2.24, 2.45) is 5.73 Å². The van der Waals surface area contributed by atoms with E-state index < -0.39 is 0 Å². The molecule has 0 aromatic heterocycles. The number of hydrogen-bond donors (Lipinski definition) is 2. The third-order valence-corrected chi connectivity index (χ3v) is 3.69. The van der Waals surface area contributed by atoms with Gasteiger partial charge >= 0.3 is 0 Å². The molecule has 1 saturated carbocycles. The fourth-order valence-electron chi connectivity index (χ4n) is 2.51. The molecule has 1 aliphatic rings. The van der Waals surface area contributed by atoms with Crippen molar-refractivity contribution in [2.45, 2.75) is 63.6 Å². The zero-order valence-electron chi connectivity index (χ0n) is 10.4. The Balaban J connectivity index is 2.57. The Morgan fingerprint density at radius 1 is 1.60 bits per heavy atom. The summed E-state index contributed by atoms with van der Waals surface area (Å²) in [5, 5.41) is 3.69. The number of rotatable bonds is 5. The van der Waals surface area contributed by atoms with E-state index in [0.29, 0.717) is 12.1 Å². The number of methoxy groups -OCH3 is 1. The summed E-state index contributed by atoms with van der Waals surface area (Å²) in [4.78, 5) is 0. The third-order valence-electron chi connectivity index (χ3n) is 3.69. The second-order valence-corrected chi connectivity index (χ2v) is 4.89. The first-order chi connectivity index (χ1) is 7.15. The lowest BCUT2D eigenvalue weighted by molar-refractivity contribution is 0.0297. The number of nitrogens with one attached hydrogen (secondary N) is 1. The summed E-state index contributed by atoms with van der Waals surface area (Å²) >= 11 is 0. The van der Waals surface area contributed by atoms with Gasteiger partial charge in [0.25, 0.3) is 0 Å². The highest BCUT2D eigenvalue weighted by atomic mass is 16.5. The molecular weight excluding hydrogens is 188 g/mol. The summed E-state index contributed by atoms with van der Waals surface area (Å²) in [6.07, 6.45) is 6.19. The van der Waals surface area contributed by atoms with E-state index in [2.05, 4.69) is 19.2 Å². The van der Waals surface area contributed by atoms with Crippen molar-refractivity contribution in [3.8, 4) is 0 Å². The second kappa shape index (κ2) is 5.83. The van der Waals surface area contributed by atoms with Crippen molar-refractivity contribution < 1.29 is 4.74 Å². The molecule has 3 heteroatoms. The predicted octanol–water partition coefficient (Wildman–Crippen LogP) is 1.66. The van der Waals surface area contributed by atoms with Crippen LogP contribution < -0.4 is 11.1 Å². The van der Waals surface area contributed by atoms with Crippen LogP contribution >= 0.6 is 0 Å². The van der Waals surface area contributed by atoms with E-state index >= 15 is 0 Å². The van der Waals surface area contributed by atoms with Gasteiger partial charge in [-0.05, 0) is 39.0 Å². The first-order valence-corrected chi connectivity index (χ1v) is 6.16. The summed E-state index contributed by atoms with van der Waals surface area (Å²) in [6.45, 7) is 5.16. The molecule has 0 spiro atoms. The normalized spacial score (nSPS) is 34.0. The first kappa shape index (κ1) is 12.9. The first-order valence-electron chi connectivity index (χ1n) is 6.16. The molecule has 0 amide bonds. The summed E-state index contributed by atoms with van der Waals surface area (Å²) < 4.78 is 5.47. The monoisotopic (exact) mass is 214 g/mol. The van der Waals surface area contributed by atoms with Crippen LogP contribution in [0.3, 0.4) is 0 Å². The molecule has 3 atom stereocenters. The number of hydrogen-bond acceptors (Lipinski definition) is 3. The molecule has 0 saturated heterocycles. The summed E-state index contributed by atoms with van der Waals surface area (Å²) in [5.74, 6) is 0. The van der Waals surface area contributed by atoms with Gasteiger partial charge in [0, 0.05) is 25.2 Å². The van der Waals surface area contributed by atoms with Crippen molar-refractivity contribution >= 4 is 0 Å². The van der Waals surface area contributed by atoms with E-state index in [1.54, 1.807) is 7.11 Å². The maximum atomic E-state index is 5.94. The van der Waals surface area contributed by atoms with Crippen molar-refractivity contribution in [3.05, 3.63) is 0 Å². The minimum atomic E-state index is 0.119. The van der Waals surface area contributed by atoms with Crippen LogP contribution in [0, 0.1) is 0 Å². The zero-order valence-corrected chi connectivity index (χ0v) is 10.4.